The Kier molecular flexibility index (Phi) is 3.12. The zero-order valence-corrected chi connectivity index (χ0v) is 10.5. The lowest BCUT2D eigenvalue weighted by Gasteiger charge is -2.11. The van der Waals surface area contributed by atoms with E-state index in [1.165, 1.54) is 12.1 Å². The minimum Gasteiger partial charge on any atom is -0.478 e. The number of benzene rings is 1. The van der Waals surface area contributed by atoms with Crippen molar-refractivity contribution < 1.29 is 19.8 Å². The van der Waals surface area contributed by atoms with Crippen LogP contribution in [-0.2, 0) is 0 Å². The fraction of sp³-hybridized carbons (Fsp3) is 0.143. The zero-order chi connectivity index (χ0) is 14.2. The van der Waals surface area contributed by atoms with Gasteiger partial charge in [0.25, 0.3) is 0 Å². The molecule has 0 saturated carbocycles. The Labute approximate surface area is 109 Å². The van der Waals surface area contributed by atoms with Gasteiger partial charge >= 0.3 is 11.9 Å². The van der Waals surface area contributed by atoms with Gasteiger partial charge in [0.1, 0.15) is 0 Å². The number of hydrogen-bond acceptors (Lipinski definition) is 2. The number of hydrogen-bond donors (Lipinski definition) is 2. The molecule has 0 aliphatic rings. The largest absolute Gasteiger partial charge is 0.478 e. The summed E-state index contributed by atoms with van der Waals surface area (Å²) < 4.78 is 1.87. The molecule has 0 unspecified atom stereocenters. The van der Waals surface area contributed by atoms with Crippen molar-refractivity contribution in [2.45, 2.75) is 13.8 Å². The molecule has 0 spiro atoms. The molecule has 5 nitrogen and oxygen atoms in total. The van der Waals surface area contributed by atoms with Crippen LogP contribution in [0.25, 0.3) is 5.69 Å². The van der Waals surface area contributed by atoms with E-state index in [-0.39, 0.29) is 11.1 Å². The van der Waals surface area contributed by atoms with Crippen LogP contribution in [-0.4, -0.2) is 26.7 Å². The molecule has 0 fully saturated rings. The summed E-state index contributed by atoms with van der Waals surface area (Å²) in [6.07, 6.45) is 0. The average molecular weight is 259 g/mol. The summed E-state index contributed by atoms with van der Waals surface area (Å²) in [6, 6.07) is 8.14. The molecular formula is C14H13NO4. The average Bonchev–Trinajstić information content (AvgIpc) is 2.68. The molecule has 1 heterocycles. The van der Waals surface area contributed by atoms with Crippen molar-refractivity contribution in [3.05, 3.63) is 52.8 Å². The van der Waals surface area contributed by atoms with Crippen LogP contribution >= 0.6 is 0 Å². The van der Waals surface area contributed by atoms with E-state index >= 15 is 0 Å². The van der Waals surface area contributed by atoms with Crippen molar-refractivity contribution in [3.8, 4) is 5.69 Å². The van der Waals surface area contributed by atoms with Crippen molar-refractivity contribution in [1.82, 2.24) is 4.57 Å². The van der Waals surface area contributed by atoms with E-state index in [1.807, 2.05) is 30.5 Å². The standard InChI is InChI=1S/C14H13NO4/c1-8-3-4-9(2)15(8)10-5-6-11(13(16)17)12(7-10)14(18)19/h3-7H,1-2H3,(H,16,17)(H,18,19). The maximum Gasteiger partial charge on any atom is 0.336 e. The fourth-order valence-corrected chi connectivity index (χ4v) is 2.11. The Morgan fingerprint density at radius 3 is 1.89 bits per heavy atom. The number of rotatable bonds is 3. The van der Waals surface area contributed by atoms with Crippen LogP contribution in [0.15, 0.2) is 30.3 Å². The summed E-state index contributed by atoms with van der Waals surface area (Å²) in [7, 11) is 0. The third kappa shape index (κ3) is 2.22. The molecule has 0 bridgehead atoms. The van der Waals surface area contributed by atoms with Crippen LogP contribution in [0.4, 0.5) is 0 Å². The highest BCUT2D eigenvalue weighted by atomic mass is 16.4. The van der Waals surface area contributed by atoms with Crippen molar-refractivity contribution in [2.24, 2.45) is 0 Å². The Morgan fingerprint density at radius 1 is 0.895 bits per heavy atom. The molecule has 2 rings (SSSR count). The number of nitrogens with zero attached hydrogens (tertiary/aromatic N) is 1. The molecule has 5 heteroatoms. The van der Waals surface area contributed by atoms with Crippen LogP contribution in [0.5, 0.6) is 0 Å². The quantitative estimate of drug-likeness (QED) is 0.887. The molecular weight excluding hydrogens is 246 g/mol. The molecule has 0 aliphatic carbocycles. The van der Waals surface area contributed by atoms with Gasteiger partial charge in [0.05, 0.1) is 11.1 Å². The smallest absolute Gasteiger partial charge is 0.336 e. The first kappa shape index (κ1) is 12.9. The lowest BCUT2D eigenvalue weighted by Crippen LogP contribution is -2.10. The minimum atomic E-state index is -1.25. The minimum absolute atomic E-state index is 0.210. The van der Waals surface area contributed by atoms with Crippen LogP contribution in [0.2, 0.25) is 0 Å². The monoisotopic (exact) mass is 259 g/mol. The zero-order valence-electron chi connectivity index (χ0n) is 10.5. The number of aryl methyl sites for hydroxylation is 2. The Bertz CT molecular complexity index is 651. The first-order valence-corrected chi connectivity index (χ1v) is 5.67. The number of carboxylic acid groups (broad SMARTS) is 2. The van der Waals surface area contributed by atoms with Gasteiger partial charge in [-0.2, -0.15) is 0 Å². The van der Waals surface area contributed by atoms with Crippen LogP contribution in [0.3, 0.4) is 0 Å². The molecule has 0 saturated heterocycles. The summed E-state index contributed by atoms with van der Waals surface area (Å²) in [5, 5.41) is 18.1. The Hall–Kier alpha value is -2.56. The highest BCUT2D eigenvalue weighted by Gasteiger charge is 2.17. The number of carbonyl (C=O) groups is 2. The fourth-order valence-electron chi connectivity index (χ4n) is 2.11. The van der Waals surface area contributed by atoms with Crippen molar-refractivity contribution in [1.29, 1.82) is 0 Å². The van der Waals surface area contributed by atoms with Gasteiger partial charge in [0.15, 0.2) is 0 Å². The first-order chi connectivity index (χ1) is 8.91. The van der Waals surface area contributed by atoms with Gasteiger partial charge in [-0.15, -0.1) is 0 Å². The second-order valence-corrected chi connectivity index (χ2v) is 4.29. The molecule has 0 atom stereocenters. The topological polar surface area (TPSA) is 79.5 Å². The summed E-state index contributed by atoms with van der Waals surface area (Å²) in [5.74, 6) is -2.49. The molecule has 19 heavy (non-hydrogen) atoms. The summed E-state index contributed by atoms with van der Waals surface area (Å²) in [5.41, 5.74) is 2.13. The Morgan fingerprint density at radius 2 is 1.42 bits per heavy atom. The summed E-state index contributed by atoms with van der Waals surface area (Å²) in [4.78, 5) is 22.1. The van der Waals surface area contributed by atoms with Gasteiger partial charge in [0.2, 0.25) is 0 Å². The third-order valence-electron chi connectivity index (χ3n) is 2.99. The SMILES string of the molecule is Cc1ccc(C)n1-c1ccc(C(=O)O)c(C(=O)O)c1. The van der Waals surface area contributed by atoms with Gasteiger partial charge in [-0.05, 0) is 44.2 Å². The predicted molar refractivity (Wildman–Crippen MR) is 69.2 cm³/mol. The van der Waals surface area contributed by atoms with Gasteiger partial charge in [-0.25, -0.2) is 9.59 Å². The molecule has 1 aromatic carbocycles. The normalized spacial score (nSPS) is 10.4. The molecule has 1 aromatic heterocycles. The summed E-state index contributed by atoms with van der Waals surface area (Å²) >= 11 is 0. The lowest BCUT2D eigenvalue weighted by molar-refractivity contribution is 0.0651. The van der Waals surface area contributed by atoms with Crippen molar-refractivity contribution >= 4 is 11.9 Å². The van der Waals surface area contributed by atoms with Crippen LogP contribution in [0.1, 0.15) is 32.1 Å². The van der Waals surface area contributed by atoms with E-state index in [0.29, 0.717) is 5.69 Å². The maximum atomic E-state index is 11.1. The number of carboxylic acids is 2. The van der Waals surface area contributed by atoms with Crippen LogP contribution in [0, 0.1) is 13.8 Å². The molecule has 2 aromatic rings. The number of aromatic nitrogens is 1. The molecule has 2 N–H and O–H groups in total. The first-order valence-electron chi connectivity index (χ1n) is 5.67. The molecule has 0 aliphatic heterocycles. The molecule has 0 amide bonds. The maximum absolute atomic E-state index is 11.1. The van der Waals surface area contributed by atoms with E-state index in [9.17, 15) is 9.59 Å². The van der Waals surface area contributed by atoms with E-state index in [4.69, 9.17) is 10.2 Å². The second-order valence-electron chi connectivity index (χ2n) is 4.29. The molecule has 98 valence electrons. The number of aromatic carboxylic acids is 2. The van der Waals surface area contributed by atoms with Crippen molar-refractivity contribution in [2.75, 3.05) is 0 Å². The second kappa shape index (κ2) is 4.61. The van der Waals surface area contributed by atoms with Crippen LogP contribution < -0.4 is 0 Å². The van der Waals surface area contributed by atoms with Gasteiger partial charge in [-0.3, -0.25) is 0 Å². The third-order valence-corrected chi connectivity index (χ3v) is 2.99. The van der Waals surface area contributed by atoms with E-state index < -0.39 is 11.9 Å². The Balaban J connectivity index is 2.65. The van der Waals surface area contributed by atoms with E-state index in [2.05, 4.69) is 0 Å². The van der Waals surface area contributed by atoms with Gasteiger partial charge in [0, 0.05) is 17.1 Å². The van der Waals surface area contributed by atoms with Gasteiger partial charge in [-0.1, -0.05) is 0 Å². The van der Waals surface area contributed by atoms with E-state index in [0.717, 1.165) is 11.4 Å². The summed E-state index contributed by atoms with van der Waals surface area (Å²) in [6.45, 7) is 3.80. The highest BCUT2D eigenvalue weighted by Crippen LogP contribution is 2.20. The highest BCUT2D eigenvalue weighted by molar-refractivity contribution is 6.02. The predicted octanol–water partition coefficient (Wildman–Crippen LogP) is 2.49. The van der Waals surface area contributed by atoms with Crippen molar-refractivity contribution in [3.63, 3.8) is 0 Å². The van der Waals surface area contributed by atoms with Gasteiger partial charge < -0.3 is 14.8 Å². The molecule has 0 radical (unpaired) electrons. The lowest BCUT2D eigenvalue weighted by atomic mass is 10.1. The van der Waals surface area contributed by atoms with E-state index in [1.54, 1.807) is 6.07 Å².